The molecule has 1 fully saturated rings. The van der Waals surface area contributed by atoms with E-state index >= 15 is 0 Å². The van der Waals surface area contributed by atoms with Crippen molar-refractivity contribution in [3.05, 3.63) is 12.2 Å². The maximum absolute atomic E-state index is 10.2. The molecular weight excluding hydrogens is 188 g/mol. The largest absolute Gasteiger partial charge is 0.478 e. The molecule has 2 nitrogen and oxygen atoms in total. The molecule has 1 rings (SSSR count). The Morgan fingerprint density at radius 1 is 1.40 bits per heavy atom. The summed E-state index contributed by atoms with van der Waals surface area (Å²) in [5, 5.41) is 8.37. The Labute approximate surface area is 92.4 Å². The van der Waals surface area contributed by atoms with Gasteiger partial charge in [-0.1, -0.05) is 32.8 Å². The fourth-order valence-corrected chi connectivity index (χ4v) is 2.08. The van der Waals surface area contributed by atoms with Crippen LogP contribution in [0.25, 0.3) is 0 Å². The van der Waals surface area contributed by atoms with Crippen molar-refractivity contribution in [3.8, 4) is 0 Å². The minimum Gasteiger partial charge on any atom is -0.478 e. The number of carbonyl (C=O) groups is 1. The molecule has 15 heavy (non-hydrogen) atoms. The molecule has 1 saturated carbocycles. The lowest BCUT2D eigenvalue weighted by Gasteiger charge is -2.02. The molecule has 0 aromatic rings. The number of allylic oxidation sites excluding steroid dienone is 1. The van der Waals surface area contributed by atoms with E-state index < -0.39 is 5.97 Å². The maximum Gasteiger partial charge on any atom is 0.327 e. The number of hydrogen-bond acceptors (Lipinski definition) is 1. The monoisotopic (exact) mass is 210 g/mol. The topological polar surface area (TPSA) is 37.3 Å². The molecule has 1 aliphatic carbocycles. The van der Waals surface area contributed by atoms with Gasteiger partial charge >= 0.3 is 5.97 Å². The highest BCUT2D eigenvalue weighted by Crippen LogP contribution is 2.54. The fraction of sp³-hybridized carbons (Fsp3) is 0.769. The smallest absolute Gasteiger partial charge is 0.327 e. The summed E-state index contributed by atoms with van der Waals surface area (Å²) in [4.78, 5) is 10.2. The van der Waals surface area contributed by atoms with E-state index in [1.54, 1.807) is 6.08 Å². The van der Waals surface area contributed by atoms with Crippen molar-refractivity contribution in [2.45, 2.75) is 52.4 Å². The summed E-state index contributed by atoms with van der Waals surface area (Å²) < 4.78 is 0. The number of unbranched alkanes of at least 4 members (excludes halogenated alkanes) is 3. The maximum atomic E-state index is 10.2. The molecule has 1 N–H and O–H groups in total. The first kappa shape index (κ1) is 12.3. The van der Waals surface area contributed by atoms with Crippen molar-refractivity contribution >= 4 is 5.97 Å². The quantitative estimate of drug-likeness (QED) is 0.514. The Morgan fingerprint density at radius 2 is 2.07 bits per heavy atom. The van der Waals surface area contributed by atoms with Crippen molar-refractivity contribution in [3.63, 3.8) is 0 Å². The average molecular weight is 210 g/mol. The highest BCUT2D eigenvalue weighted by molar-refractivity contribution is 5.79. The molecular formula is C13H22O2. The van der Waals surface area contributed by atoms with Gasteiger partial charge in [-0.15, -0.1) is 0 Å². The molecule has 1 unspecified atom stereocenters. The van der Waals surface area contributed by atoms with Crippen molar-refractivity contribution < 1.29 is 9.90 Å². The summed E-state index contributed by atoms with van der Waals surface area (Å²) >= 11 is 0. The van der Waals surface area contributed by atoms with Gasteiger partial charge in [-0.25, -0.2) is 4.79 Å². The number of rotatable bonds is 7. The molecule has 2 heteroatoms. The molecule has 1 atom stereocenters. The number of aliphatic carboxylic acids is 1. The minimum atomic E-state index is -0.838. The third-order valence-electron chi connectivity index (χ3n) is 3.40. The summed E-state index contributed by atoms with van der Waals surface area (Å²) in [6, 6.07) is 0. The van der Waals surface area contributed by atoms with Crippen molar-refractivity contribution in [2.75, 3.05) is 0 Å². The van der Waals surface area contributed by atoms with Crippen molar-refractivity contribution in [1.82, 2.24) is 0 Å². The highest BCUT2D eigenvalue weighted by Gasteiger charge is 2.44. The second kappa shape index (κ2) is 5.34. The predicted octanol–water partition coefficient (Wildman–Crippen LogP) is 3.62. The van der Waals surface area contributed by atoms with E-state index in [0.29, 0.717) is 5.41 Å². The van der Waals surface area contributed by atoms with Gasteiger partial charge in [0.25, 0.3) is 0 Å². The molecule has 0 aliphatic heterocycles. The van der Waals surface area contributed by atoms with Gasteiger partial charge in [0.1, 0.15) is 0 Å². The van der Waals surface area contributed by atoms with E-state index in [0.717, 1.165) is 18.8 Å². The first-order valence-electron chi connectivity index (χ1n) is 5.92. The Hall–Kier alpha value is -0.790. The predicted molar refractivity (Wildman–Crippen MR) is 61.7 cm³/mol. The third-order valence-corrected chi connectivity index (χ3v) is 3.40. The SMILES string of the molecule is CC1(C)CC1CCCCCC=CC(=O)O. The summed E-state index contributed by atoms with van der Waals surface area (Å²) in [5.41, 5.74) is 0.614. The molecule has 0 aromatic carbocycles. The first-order valence-corrected chi connectivity index (χ1v) is 5.92. The van der Waals surface area contributed by atoms with Crippen LogP contribution < -0.4 is 0 Å². The highest BCUT2D eigenvalue weighted by atomic mass is 16.4. The molecule has 1 aliphatic rings. The summed E-state index contributed by atoms with van der Waals surface area (Å²) in [7, 11) is 0. The molecule has 0 saturated heterocycles. The van der Waals surface area contributed by atoms with Gasteiger partial charge in [-0.2, -0.15) is 0 Å². The van der Waals surface area contributed by atoms with E-state index in [1.165, 1.54) is 31.8 Å². The minimum absolute atomic E-state index is 0.614. The lowest BCUT2D eigenvalue weighted by molar-refractivity contribution is -0.131. The van der Waals surface area contributed by atoms with Crippen LogP contribution in [0, 0.1) is 11.3 Å². The van der Waals surface area contributed by atoms with E-state index in [4.69, 9.17) is 5.11 Å². The Balaban J connectivity index is 1.88. The van der Waals surface area contributed by atoms with Gasteiger partial charge in [-0.05, 0) is 37.0 Å². The van der Waals surface area contributed by atoms with Crippen molar-refractivity contribution in [1.29, 1.82) is 0 Å². The molecule has 0 bridgehead atoms. The molecule has 0 heterocycles. The third kappa shape index (κ3) is 5.01. The van der Waals surface area contributed by atoms with E-state index in [2.05, 4.69) is 13.8 Å². The summed E-state index contributed by atoms with van der Waals surface area (Å²) in [5.74, 6) is 0.113. The summed E-state index contributed by atoms with van der Waals surface area (Å²) in [6.07, 6.45) is 10.3. The standard InChI is InChI=1S/C13H22O2/c1-13(2)10-11(13)8-6-4-3-5-7-9-12(14)15/h7,9,11H,3-6,8,10H2,1-2H3,(H,14,15). The van der Waals surface area contributed by atoms with Crippen LogP contribution in [0.3, 0.4) is 0 Å². The van der Waals surface area contributed by atoms with Crippen LogP contribution in [-0.2, 0) is 4.79 Å². The number of carboxylic acid groups (broad SMARTS) is 1. The molecule has 0 radical (unpaired) electrons. The lowest BCUT2D eigenvalue weighted by Crippen LogP contribution is -1.90. The Kier molecular flexibility index (Phi) is 4.37. The lowest BCUT2D eigenvalue weighted by atomic mass is 10.0. The van der Waals surface area contributed by atoms with Crippen LogP contribution in [-0.4, -0.2) is 11.1 Å². The second-order valence-electron chi connectivity index (χ2n) is 5.27. The normalized spacial score (nSPS) is 23.2. The molecule has 0 aromatic heterocycles. The van der Waals surface area contributed by atoms with Gasteiger partial charge in [0, 0.05) is 6.08 Å². The number of hydrogen-bond donors (Lipinski definition) is 1. The second-order valence-corrected chi connectivity index (χ2v) is 5.27. The van der Waals surface area contributed by atoms with Gasteiger partial charge in [-0.3, -0.25) is 0 Å². The van der Waals surface area contributed by atoms with Gasteiger partial charge in [0.05, 0.1) is 0 Å². The van der Waals surface area contributed by atoms with Crippen molar-refractivity contribution in [2.24, 2.45) is 11.3 Å². The Bertz CT molecular complexity index is 241. The van der Waals surface area contributed by atoms with Crippen LogP contribution in [0.15, 0.2) is 12.2 Å². The average Bonchev–Trinajstić information content (AvgIpc) is 2.72. The van der Waals surface area contributed by atoms with Crippen LogP contribution in [0.2, 0.25) is 0 Å². The van der Waals surface area contributed by atoms with Crippen LogP contribution in [0.4, 0.5) is 0 Å². The summed E-state index contributed by atoms with van der Waals surface area (Å²) in [6.45, 7) is 4.68. The first-order chi connectivity index (χ1) is 7.02. The van der Waals surface area contributed by atoms with E-state index in [-0.39, 0.29) is 0 Å². The zero-order valence-electron chi connectivity index (χ0n) is 9.83. The zero-order chi connectivity index (χ0) is 11.3. The molecule has 0 spiro atoms. The molecule has 86 valence electrons. The van der Waals surface area contributed by atoms with Gasteiger partial charge < -0.3 is 5.11 Å². The van der Waals surface area contributed by atoms with E-state index in [1.807, 2.05) is 0 Å². The Morgan fingerprint density at radius 3 is 2.60 bits per heavy atom. The van der Waals surface area contributed by atoms with Gasteiger partial charge in [0.2, 0.25) is 0 Å². The van der Waals surface area contributed by atoms with E-state index in [9.17, 15) is 4.79 Å². The number of carboxylic acids is 1. The fourth-order valence-electron chi connectivity index (χ4n) is 2.08. The van der Waals surface area contributed by atoms with Crippen LogP contribution in [0.1, 0.15) is 52.4 Å². The molecule has 0 amide bonds. The van der Waals surface area contributed by atoms with Crippen LogP contribution >= 0.6 is 0 Å². The van der Waals surface area contributed by atoms with Gasteiger partial charge in [0.15, 0.2) is 0 Å². The zero-order valence-corrected chi connectivity index (χ0v) is 9.83. The van der Waals surface area contributed by atoms with Crippen LogP contribution in [0.5, 0.6) is 0 Å².